The minimum absolute atomic E-state index is 0.103. The van der Waals surface area contributed by atoms with Gasteiger partial charge in [0.05, 0.1) is 5.56 Å². The zero-order chi connectivity index (χ0) is 16.8. The van der Waals surface area contributed by atoms with Crippen LogP contribution in [0.1, 0.15) is 21.5 Å². The van der Waals surface area contributed by atoms with Crippen LogP contribution in [-0.2, 0) is 21.3 Å². The second kappa shape index (κ2) is 7.69. The second-order valence-corrected chi connectivity index (χ2v) is 6.60. The van der Waals surface area contributed by atoms with Crippen molar-refractivity contribution < 1.29 is 18.9 Å². The van der Waals surface area contributed by atoms with Crippen LogP contribution in [0.15, 0.2) is 48.5 Å². The highest BCUT2D eigenvalue weighted by molar-refractivity contribution is 7.84. The Balaban J connectivity index is 1.87. The Morgan fingerprint density at radius 1 is 1.04 bits per heavy atom. The highest BCUT2D eigenvalue weighted by atomic mass is 32.2. The molecule has 0 aliphatic carbocycles. The van der Waals surface area contributed by atoms with Crippen LogP contribution in [0.3, 0.4) is 0 Å². The van der Waals surface area contributed by atoms with Gasteiger partial charge in [0, 0.05) is 22.2 Å². The maximum atomic E-state index is 12.0. The van der Waals surface area contributed by atoms with Crippen LogP contribution in [0.4, 0.5) is 5.69 Å². The molecule has 0 aliphatic heterocycles. The van der Waals surface area contributed by atoms with Gasteiger partial charge < -0.3 is 10.4 Å². The van der Waals surface area contributed by atoms with Crippen molar-refractivity contribution in [1.82, 2.24) is 0 Å². The Bertz CT molecular complexity index is 723. The molecule has 0 radical (unpaired) electrons. The summed E-state index contributed by atoms with van der Waals surface area (Å²) in [6.07, 6.45) is 0. The summed E-state index contributed by atoms with van der Waals surface area (Å²) < 4.78 is 12.0. The van der Waals surface area contributed by atoms with E-state index in [1.807, 2.05) is 19.1 Å². The third kappa shape index (κ3) is 5.34. The molecule has 2 N–H and O–H groups in total. The summed E-state index contributed by atoms with van der Waals surface area (Å²) >= 11 is 0. The molecule has 120 valence electrons. The Labute approximate surface area is 136 Å². The molecule has 0 aliphatic rings. The van der Waals surface area contributed by atoms with Gasteiger partial charge in [-0.15, -0.1) is 0 Å². The number of amides is 1. The molecule has 0 spiro atoms. The lowest BCUT2D eigenvalue weighted by molar-refractivity contribution is -0.113. The second-order valence-electron chi connectivity index (χ2n) is 5.14. The molecule has 1 atom stereocenters. The van der Waals surface area contributed by atoms with E-state index >= 15 is 0 Å². The van der Waals surface area contributed by atoms with Gasteiger partial charge in [0.15, 0.2) is 0 Å². The van der Waals surface area contributed by atoms with Crippen LogP contribution in [0.2, 0.25) is 0 Å². The lowest BCUT2D eigenvalue weighted by Gasteiger charge is -2.06. The molecule has 0 heterocycles. The van der Waals surface area contributed by atoms with Gasteiger partial charge in [0.1, 0.15) is 5.75 Å². The Hall–Kier alpha value is -2.47. The SMILES string of the molecule is Cc1ccc(NC(=O)CS(=O)Cc2ccc(C(=O)O)cc2)cc1. The third-order valence-corrected chi connectivity index (χ3v) is 4.40. The standard InChI is InChI=1S/C17H17NO4S/c1-12-2-8-15(9-3-12)18-16(19)11-23(22)10-13-4-6-14(7-5-13)17(20)21/h2-9H,10-11H2,1H3,(H,18,19)(H,20,21). The molecule has 0 aromatic heterocycles. The number of carboxylic acid groups (broad SMARTS) is 1. The van der Waals surface area contributed by atoms with Gasteiger partial charge >= 0.3 is 5.97 Å². The lowest BCUT2D eigenvalue weighted by Crippen LogP contribution is -2.20. The van der Waals surface area contributed by atoms with E-state index in [1.54, 1.807) is 24.3 Å². The Kier molecular flexibility index (Phi) is 5.65. The largest absolute Gasteiger partial charge is 0.478 e. The molecule has 1 unspecified atom stereocenters. The first-order chi connectivity index (χ1) is 10.9. The summed E-state index contributed by atoms with van der Waals surface area (Å²) in [7, 11) is -1.36. The number of carboxylic acids is 1. The predicted molar refractivity (Wildman–Crippen MR) is 89.9 cm³/mol. The van der Waals surface area contributed by atoms with E-state index < -0.39 is 16.8 Å². The van der Waals surface area contributed by atoms with Gasteiger partial charge in [-0.1, -0.05) is 29.8 Å². The molecule has 5 nitrogen and oxygen atoms in total. The highest BCUT2D eigenvalue weighted by Crippen LogP contribution is 2.10. The maximum Gasteiger partial charge on any atom is 0.335 e. The average molecular weight is 331 g/mol. The zero-order valence-corrected chi connectivity index (χ0v) is 13.4. The number of rotatable bonds is 6. The first-order valence-corrected chi connectivity index (χ1v) is 8.46. The Morgan fingerprint density at radius 3 is 2.22 bits per heavy atom. The zero-order valence-electron chi connectivity index (χ0n) is 12.6. The first kappa shape index (κ1) is 16.9. The van der Waals surface area contributed by atoms with Crippen molar-refractivity contribution in [2.24, 2.45) is 0 Å². The number of benzene rings is 2. The third-order valence-electron chi connectivity index (χ3n) is 3.16. The topological polar surface area (TPSA) is 83.5 Å². The van der Waals surface area contributed by atoms with Gasteiger partial charge in [-0.2, -0.15) is 0 Å². The van der Waals surface area contributed by atoms with Crippen molar-refractivity contribution in [3.05, 3.63) is 65.2 Å². The highest BCUT2D eigenvalue weighted by Gasteiger charge is 2.10. The average Bonchev–Trinajstić information content (AvgIpc) is 2.50. The van der Waals surface area contributed by atoms with Crippen LogP contribution >= 0.6 is 0 Å². The van der Waals surface area contributed by atoms with Gasteiger partial charge in [-0.3, -0.25) is 9.00 Å². The number of aromatic carboxylic acids is 1. The molecule has 0 fully saturated rings. The van der Waals surface area contributed by atoms with E-state index in [1.165, 1.54) is 12.1 Å². The number of nitrogens with one attached hydrogen (secondary N) is 1. The molecule has 0 saturated heterocycles. The summed E-state index contributed by atoms with van der Waals surface area (Å²) in [6.45, 7) is 1.95. The molecule has 2 rings (SSSR count). The van der Waals surface area contributed by atoms with Crippen molar-refractivity contribution in [1.29, 1.82) is 0 Å². The van der Waals surface area contributed by atoms with Crippen molar-refractivity contribution in [2.75, 3.05) is 11.1 Å². The first-order valence-electron chi connectivity index (χ1n) is 6.98. The number of hydrogen-bond acceptors (Lipinski definition) is 3. The number of hydrogen-bond donors (Lipinski definition) is 2. The minimum atomic E-state index is -1.36. The lowest BCUT2D eigenvalue weighted by atomic mass is 10.1. The predicted octanol–water partition coefficient (Wildman–Crippen LogP) is 2.58. The summed E-state index contributed by atoms with van der Waals surface area (Å²) in [6, 6.07) is 13.5. The number of carbonyl (C=O) groups excluding carboxylic acids is 1. The van der Waals surface area contributed by atoms with Crippen molar-refractivity contribution in [2.45, 2.75) is 12.7 Å². The van der Waals surface area contributed by atoms with Gasteiger partial charge in [0.25, 0.3) is 0 Å². The fourth-order valence-corrected chi connectivity index (χ4v) is 2.99. The summed E-state index contributed by atoms with van der Waals surface area (Å²) in [5, 5.41) is 11.5. The fraction of sp³-hybridized carbons (Fsp3) is 0.176. The van der Waals surface area contributed by atoms with Gasteiger partial charge in [-0.05, 0) is 36.8 Å². The van der Waals surface area contributed by atoms with Crippen molar-refractivity contribution in [3.8, 4) is 0 Å². The summed E-state index contributed by atoms with van der Waals surface area (Å²) in [5.41, 5.74) is 2.67. The van der Waals surface area contributed by atoms with Crippen molar-refractivity contribution >= 4 is 28.4 Å². The molecule has 0 bridgehead atoms. The van der Waals surface area contributed by atoms with E-state index in [0.717, 1.165) is 11.1 Å². The van der Waals surface area contributed by atoms with E-state index in [0.29, 0.717) is 5.69 Å². The van der Waals surface area contributed by atoms with E-state index in [-0.39, 0.29) is 23.0 Å². The molecule has 1 amide bonds. The number of anilines is 1. The van der Waals surface area contributed by atoms with E-state index in [4.69, 9.17) is 5.11 Å². The fourth-order valence-electron chi connectivity index (χ4n) is 1.96. The van der Waals surface area contributed by atoms with Gasteiger partial charge in [0.2, 0.25) is 5.91 Å². The molecule has 23 heavy (non-hydrogen) atoms. The molecule has 0 saturated carbocycles. The van der Waals surface area contributed by atoms with Crippen molar-refractivity contribution in [3.63, 3.8) is 0 Å². The quantitative estimate of drug-likeness (QED) is 0.852. The molecule has 6 heteroatoms. The van der Waals surface area contributed by atoms with Crippen LogP contribution in [0, 0.1) is 6.92 Å². The molecule has 2 aromatic carbocycles. The number of aryl methyl sites for hydroxylation is 1. The van der Waals surface area contributed by atoms with Crippen LogP contribution in [-0.4, -0.2) is 26.9 Å². The monoisotopic (exact) mass is 331 g/mol. The molecular formula is C17H17NO4S. The van der Waals surface area contributed by atoms with Gasteiger partial charge in [-0.25, -0.2) is 4.79 Å². The van der Waals surface area contributed by atoms with E-state index in [9.17, 15) is 13.8 Å². The number of carbonyl (C=O) groups is 2. The normalized spacial score (nSPS) is 11.7. The summed E-state index contributed by atoms with van der Waals surface area (Å²) in [4.78, 5) is 22.6. The molecular weight excluding hydrogens is 314 g/mol. The Morgan fingerprint density at radius 2 is 1.65 bits per heavy atom. The van der Waals surface area contributed by atoms with Crippen LogP contribution in [0.25, 0.3) is 0 Å². The summed E-state index contributed by atoms with van der Waals surface area (Å²) in [5.74, 6) is -1.21. The molecule has 2 aromatic rings. The van der Waals surface area contributed by atoms with Crippen LogP contribution < -0.4 is 5.32 Å². The van der Waals surface area contributed by atoms with E-state index in [2.05, 4.69) is 5.32 Å². The smallest absolute Gasteiger partial charge is 0.335 e. The van der Waals surface area contributed by atoms with Crippen LogP contribution in [0.5, 0.6) is 0 Å². The maximum absolute atomic E-state index is 12.0. The minimum Gasteiger partial charge on any atom is -0.478 e.